The van der Waals surface area contributed by atoms with Gasteiger partial charge in [-0.1, -0.05) is 62.1 Å². The maximum absolute atomic E-state index is 15.6. The standard InChI is InChI=1S/C31H29F4N5O/c1-40-18-37-39-29(40)26-22(21-9-3-2-4-10-21)11-12-24(32)27(26)30-38-25-16-20(15-23(28(25)41-30)31(33,34)35)17-36-14-13-19-7-5-6-8-19/h2-4,9-12,15-16,18-19,36H,5-8,13-14,17H2,1H3. The van der Waals surface area contributed by atoms with E-state index in [-0.39, 0.29) is 23.5 Å². The number of halogens is 4. The van der Waals surface area contributed by atoms with E-state index >= 15 is 4.39 Å². The van der Waals surface area contributed by atoms with Crippen molar-refractivity contribution in [2.75, 3.05) is 6.54 Å². The van der Waals surface area contributed by atoms with Crippen LogP contribution in [0.1, 0.15) is 43.2 Å². The van der Waals surface area contributed by atoms with Crippen molar-refractivity contribution in [3.8, 4) is 34.0 Å². The topological polar surface area (TPSA) is 68.8 Å². The number of benzene rings is 3. The van der Waals surface area contributed by atoms with Crippen molar-refractivity contribution in [1.82, 2.24) is 25.1 Å². The van der Waals surface area contributed by atoms with E-state index in [0.29, 0.717) is 28.4 Å². The van der Waals surface area contributed by atoms with Crippen LogP contribution in [0.3, 0.4) is 0 Å². The molecule has 41 heavy (non-hydrogen) atoms. The van der Waals surface area contributed by atoms with Gasteiger partial charge in [-0.15, -0.1) is 10.2 Å². The van der Waals surface area contributed by atoms with E-state index in [4.69, 9.17) is 4.42 Å². The third-order valence-electron chi connectivity index (χ3n) is 7.78. The van der Waals surface area contributed by atoms with Gasteiger partial charge in [0.05, 0.1) is 5.56 Å². The fraction of sp³-hybridized carbons (Fsp3) is 0.323. The van der Waals surface area contributed by atoms with Crippen molar-refractivity contribution in [2.45, 2.75) is 44.8 Å². The number of fused-ring (bicyclic) bond motifs is 1. The van der Waals surface area contributed by atoms with E-state index < -0.39 is 23.1 Å². The minimum atomic E-state index is -4.69. The number of nitrogens with zero attached hydrogens (tertiary/aromatic N) is 4. The molecule has 1 aliphatic carbocycles. The van der Waals surface area contributed by atoms with Gasteiger partial charge in [0.15, 0.2) is 11.4 Å². The minimum Gasteiger partial charge on any atom is -0.435 e. The molecule has 0 radical (unpaired) electrons. The molecule has 0 amide bonds. The predicted molar refractivity (Wildman–Crippen MR) is 148 cm³/mol. The lowest BCUT2D eigenvalue weighted by Crippen LogP contribution is -2.17. The Hall–Kier alpha value is -4.05. The zero-order valence-electron chi connectivity index (χ0n) is 22.5. The van der Waals surface area contributed by atoms with Crippen LogP contribution in [0.2, 0.25) is 0 Å². The first kappa shape index (κ1) is 27.1. The van der Waals surface area contributed by atoms with Gasteiger partial charge < -0.3 is 14.3 Å². The molecule has 2 aromatic heterocycles. The largest absolute Gasteiger partial charge is 0.435 e. The Morgan fingerprint density at radius 3 is 2.51 bits per heavy atom. The van der Waals surface area contributed by atoms with Gasteiger partial charge in [-0.25, -0.2) is 9.37 Å². The van der Waals surface area contributed by atoms with Crippen LogP contribution in [0.25, 0.3) is 45.1 Å². The predicted octanol–water partition coefficient (Wildman–Crippen LogP) is 7.79. The summed E-state index contributed by atoms with van der Waals surface area (Å²) in [5, 5.41) is 11.4. The number of aromatic nitrogens is 4. The van der Waals surface area contributed by atoms with Crippen molar-refractivity contribution in [1.29, 1.82) is 0 Å². The minimum absolute atomic E-state index is 0.0100. The van der Waals surface area contributed by atoms with E-state index in [1.807, 2.05) is 30.3 Å². The first-order valence-electron chi connectivity index (χ1n) is 13.7. The highest BCUT2D eigenvalue weighted by atomic mass is 19.4. The molecule has 1 fully saturated rings. The van der Waals surface area contributed by atoms with Gasteiger partial charge >= 0.3 is 6.18 Å². The van der Waals surface area contributed by atoms with Crippen molar-refractivity contribution in [3.63, 3.8) is 0 Å². The van der Waals surface area contributed by atoms with Gasteiger partial charge in [0.25, 0.3) is 0 Å². The molecule has 2 heterocycles. The molecule has 6 nitrogen and oxygen atoms in total. The fourth-order valence-electron chi connectivity index (χ4n) is 5.73. The first-order valence-corrected chi connectivity index (χ1v) is 13.7. The summed E-state index contributed by atoms with van der Waals surface area (Å²) >= 11 is 0. The molecule has 10 heteroatoms. The summed E-state index contributed by atoms with van der Waals surface area (Å²) in [6.07, 6.45) is 2.71. The van der Waals surface area contributed by atoms with Crippen molar-refractivity contribution in [3.05, 3.63) is 77.9 Å². The zero-order valence-corrected chi connectivity index (χ0v) is 22.5. The highest BCUT2D eigenvalue weighted by Gasteiger charge is 2.36. The van der Waals surface area contributed by atoms with Crippen LogP contribution in [0.4, 0.5) is 17.6 Å². The molecule has 0 atom stereocenters. The van der Waals surface area contributed by atoms with Crippen LogP contribution in [-0.2, 0) is 19.8 Å². The maximum atomic E-state index is 15.6. The van der Waals surface area contributed by atoms with Crippen LogP contribution in [-0.4, -0.2) is 26.3 Å². The number of hydrogen-bond donors (Lipinski definition) is 1. The second-order valence-electron chi connectivity index (χ2n) is 10.6. The lowest BCUT2D eigenvalue weighted by molar-refractivity contribution is -0.136. The van der Waals surface area contributed by atoms with E-state index in [2.05, 4.69) is 20.5 Å². The second-order valence-corrected chi connectivity index (χ2v) is 10.6. The normalized spacial score (nSPS) is 14.4. The molecule has 0 spiro atoms. The number of oxazole rings is 1. The molecule has 1 saturated carbocycles. The Labute approximate surface area is 234 Å². The number of hydrogen-bond acceptors (Lipinski definition) is 5. The highest BCUT2D eigenvalue weighted by molar-refractivity contribution is 5.92. The monoisotopic (exact) mass is 563 g/mol. The molecule has 5 aromatic rings. The third kappa shape index (κ3) is 5.48. The summed E-state index contributed by atoms with van der Waals surface area (Å²) in [4.78, 5) is 4.41. The quantitative estimate of drug-likeness (QED) is 0.154. The Bertz CT molecular complexity index is 1670. The highest BCUT2D eigenvalue weighted by Crippen LogP contribution is 2.43. The van der Waals surface area contributed by atoms with Gasteiger partial charge in [-0.05, 0) is 53.8 Å². The molecule has 212 valence electrons. The van der Waals surface area contributed by atoms with Crippen LogP contribution >= 0.6 is 0 Å². The van der Waals surface area contributed by atoms with E-state index in [9.17, 15) is 13.2 Å². The number of alkyl halides is 3. The average molecular weight is 564 g/mol. The molecule has 3 aromatic carbocycles. The van der Waals surface area contributed by atoms with E-state index in [0.717, 1.165) is 24.6 Å². The van der Waals surface area contributed by atoms with Gasteiger partial charge in [0.2, 0.25) is 5.89 Å². The maximum Gasteiger partial charge on any atom is 0.420 e. The van der Waals surface area contributed by atoms with Crippen LogP contribution < -0.4 is 5.32 Å². The average Bonchev–Trinajstić information content (AvgIpc) is 3.71. The van der Waals surface area contributed by atoms with Crippen LogP contribution in [0.15, 0.2) is 65.3 Å². The summed E-state index contributed by atoms with van der Waals surface area (Å²) in [5.74, 6) is 0.0454. The Morgan fingerprint density at radius 2 is 1.80 bits per heavy atom. The number of aryl methyl sites for hydroxylation is 1. The number of rotatable bonds is 8. The molecular weight excluding hydrogens is 534 g/mol. The summed E-state index contributed by atoms with van der Waals surface area (Å²) in [7, 11) is 1.71. The summed E-state index contributed by atoms with van der Waals surface area (Å²) in [5.41, 5.74) is 0.692. The molecule has 0 bridgehead atoms. The Morgan fingerprint density at radius 1 is 1.02 bits per heavy atom. The zero-order chi connectivity index (χ0) is 28.6. The van der Waals surface area contributed by atoms with Gasteiger partial charge in [0.1, 0.15) is 23.2 Å². The number of nitrogens with one attached hydrogen (secondary N) is 1. The van der Waals surface area contributed by atoms with Gasteiger partial charge in [-0.2, -0.15) is 13.2 Å². The third-order valence-corrected chi connectivity index (χ3v) is 7.78. The van der Waals surface area contributed by atoms with E-state index in [1.165, 1.54) is 38.1 Å². The lowest BCUT2D eigenvalue weighted by atomic mass is 9.94. The molecule has 0 aliphatic heterocycles. The molecule has 1 aliphatic rings. The molecule has 0 saturated heterocycles. The van der Waals surface area contributed by atoms with E-state index in [1.54, 1.807) is 23.7 Å². The van der Waals surface area contributed by atoms with Crippen LogP contribution in [0, 0.1) is 11.7 Å². The fourth-order valence-corrected chi connectivity index (χ4v) is 5.73. The smallest absolute Gasteiger partial charge is 0.420 e. The van der Waals surface area contributed by atoms with Crippen molar-refractivity contribution >= 4 is 11.1 Å². The first-order chi connectivity index (χ1) is 19.8. The molecular formula is C31H29F4N5O. The van der Waals surface area contributed by atoms with Gasteiger partial charge in [0, 0.05) is 19.2 Å². The summed E-state index contributed by atoms with van der Waals surface area (Å²) < 4.78 is 65.7. The lowest BCUT2D eigenvalue weighted by Gasteiger charge is -2.14. The molecule has 0 unspecified atom stereocenters. The van der Waals surface area contributed by atoms with Gasteiger partial charge in [-0.3, -0.25) is 0 Å². The SMILES string of the molecule is Cn1cnnc1-c1c(-c2ccccc2)ccc(F)c1-c1nc2cc(CNCCC3CCCC3)cc(C(F)(F)F)c2o1. The summed E-state index contributed by atoms with van der Waals surface area (Å²) in [6, 6.07) is 14.8. The Kier molecular flexibility index (Phi) is 7.33. The molecule has 1 N–H and O–H groups in total. The molecule has 6 rings (SSSR count). The Balaban J connectivity index is 1.45. The summed E-state index contributed by atoms with van der Waals surface area (Å²) in [6.45, 7) is 0.989. The van der Waals surface area contributed by atoms with Crippen LogP contribution in [0.5, 0.6) is 0 Å². The second kappa shape index (κ2) is 11.1. The van der Waals surface area contributed by atoms with Crippen molar-refractivity contribution in [2.24, 2.45) is 13.0 Å². The van der Waals surface area contributed by atoms with Crippen molar-refractivity contribution < 1.29 is 22.0 Å².